The molecule has 1 saturated heterocycles. The standard InChI is InChI=1S/C24H31N3O5S/c1-16(2)21-12-7-17(3)15-22(21)32-18(4)23(28)25-26-24(29)19-8-10-20(11-9-19)33(30,31)27-13-5-6-14-27/h7-12,15-16,18H,5-6,13-14H2,1-4H3,(H,25,28)(H,26,29). The lowest BCUT2D eigenvalue weighted by Gasteiger charge is -2.19. The summed E-state index contributed by atoms with van der Waals surface area (Å²) in [6, 6.07) is 11.5. The number of nitrogens with one attached hydrogen (secondary N) is 2. The van der Waals surface area contributed by atoms with Crippen molar-refractivity contribution in [1.29, 1.82) is 0 Å². The second kappa shape index (κ2) is 10.4. The highest BCUT2D eigenvalue weighted by Gasteiger charge is 2.27. The maximum absolute atomic E-state index is 12.6. The third-order valence-corrected chi connectivity index (χ3v) is 7.50. The van der Waals surface area contributed by atoms with Gasteiger partial charge in [0.1, 0.15) is 5.75 Å². The summed E-state index contributed by atoms with van der Waals surface area (Å²) in [6.07, 6.45) is 0.867. The van der Waals surface area contributed by atoms with Crippen LogP contribution in [0.4, 0.5) is 0 Å². The van der Waals surface area contributed by atoms with Gasteiger partial charge in [-0.2, -0.15) is 4.31 Å². The highest BCUT2D eigenvalue weighted by atomic mass is 32.2. The molecule has 2 N–H and O–H groups in total. The molecule has 0 radical (unpaired) electrons. The number of hydrogen-bond acceptors (Lipinski definition) is 5. The summed E-state index contributed by atoms with van der Waals surface area (Å²) in [7, 11) is -3.55. The number of amides is 2. The minimum absolute atomic E-state index is 0.145. The van der Waals surface area contributed by atoms with Crippen molar-refractivity contribution in [3.05, 3.63) is 59.2 Å². The van der Waals surface area contributed by atoms with Crippen molar-refractivity contribution in [1.82, 2.24) is 15.2 Å². The van der Waals surface area contributed by atoms with Crippen LogP contribution < -0.4 is 15.6 Å². The molecule has 2 aromatic carbocycles. The predicted octanol–water partition coefficient (Wildman–Crippen LogP) is 3.13. The van der Waals surface area contributed by atoms with Gasteiger partial charge in [-0.15, -0.1) is 0 Å². The van der Waals surface area contributed by atoms with Crippen molar-refractivity contribution in [2.24, 2.45) is 0 Å². The topological polar surface area (TPSA) is 105 Å². The van der Waals surface area contributed by atoms with E-state index in [0.29, 0.717) is 18.8 Å². The lowest BCUT2D eigenvalue weighted by molar-refractivity contribution is -0.128. The van der Waals surface area contributed by atoms with Gasteiger partial charge in [-0.25, -0.2) is 8.42 Å². The zero-order valence-electron chi connectivity index (χ0n) is 19.4. The van der Waals surface area contributed by atoms with Gasteiger partial charge < -0.3 is 4.74 Å². The van der Waals surface area contributed by atoms with Gasteiger partial charge in [-0.1, -0.05) is 26.0 Å². The lowest BCUT2D eigenvalue weighted by Crippen LogP contribution is -2.47. The maximum atomic E-state index is 12.6. The first-order valence-electron chi connectivity index (χ1n) is 11.1. The van der Waals surface area contributed by atoms with Crippen molar-refractivity contribution in [2.45, 2.75) is 57.5 Å². The Kier molecular flexibility index (Phi) is 7.76. The Morgan fingerprint density at radius 2 is 1.61 bits per heavy atom. The van der Waals surface area contributed by atoms with E-state index in [1.807, 2.05) is 39.0 Å². The number of sulfonamides is 1. The zero-order chi connectivity index (χ0) is 24.2. The third-order valence-electron chi connectivity index (χ3n) is 5.58. The minimum Gasteiger partial charge on any atom is -0.481 e. The summed E-state index contributed by atoms with van der Waals surface area (Å²) in [6.45, 7) is 8.67. The summed E-state index contributed by atoms with van der Waals surface area (Å²) in [5.74, 6) is -0.200. The predicted molar refractivity (Wildman–Crippen MR) is 125 cm³/mol. The smallest absolute Gasteiger partial charge is 0.279 e. The highest BCUT2D eigenvalue weighted by molar-refractivity contribution is 7.89. The molecule has 2 aromatic rings. The second-order valence-electron chi connectivity index (χ2n) is 8.54. The molecule has 8 nitrogen and oxygen atoms in total. The number of carbonyl (C=O) groups excluding carboxylic acids is 2. The molecule has 9 heteroatoms. The fraction of sp³-hybridized carbons (Fsp3) is 0.417. The van der Waals surface area contributed by atoms with E-state index in [1.54, 1.807) is 6.92 Å². The molecule has 0 aromatic heterocycles. The molecule has 0 saturated carbocycles. The summed E-state index contributed by atoms with van der Waals surface area (Å²) < 4.78 is 32.5. The first-order valence-corrected chi connectivity index (χ1v) is 12.5. The van der Waals surface area contributed by atoms with Gasteiger partial charge in [-0.05, 0) is 74.1 Å². The summed E-state index contributed by atoms with van der Waals surface area (Å²) in [4.78, 5) is 25.0. The second-order valence-corrected chi connectivity index (χ2v) is 10.5. The van der Waals surface area contributed by atoms with E-state index < -0.39 is 27.9 Å². The molecule has 0 bridgehead atoms. The average molecular weight is 474 g/mol. The summed E-state index contributed by atoms with van der Waals surface area (Å²) in [5, 5.41) is 0. The fourth-order valence-corrected chi connectivity index (χ4v) is 5.13. The molecular formula is C24H31N3O5S. The Balaban J connectivity index is 1.58. The average Bonchev–Trinajstić information content (AvgIpc) is 3.33. The number of aryl methyl sites for hydroxylation is 1. The van der Waals surface area contributed by atoms with E-state index in [0.717, 1.165) is 24.0 Å². The van der Waals surface area contributed by atoms with E-state index in [1.165, 1.54) is 28.6 Å². The van der Waals surface area contributed by atoms with Crippen LogP contribution in [0.1, 0.15) is 61.0 Å². The fourth-order valence-electron chi connectivity index (χ4n) is 3.61. The van der Waals surface area contributed by atoms with Crippen molar-refractivity contribution in [3.63, 3.8) is 0 Å². The highest BCUT2D eigenvalue weighted by Crippen LogP contribution is 2.28. The Morgan fingerprint density at radius 3 is 2.21 bits per heavy atom. The molecule has 1 unspecified atom stereocenters. The monoisotopic (exact) mass is 473 g/mol. The molecule has 2 amide bonds. The molecule has 178 valence electrons. The molecular weight excluding hydrogens is 442 g/mol. The molecule has 1 aliphatic heterocycles. The van der Waals surface area contributed by atoms with Gasteiger partial charge in [0, 0.05) is 18.7 Å². The maximum Gasteiger partial charge on any atom is 0.279 e. The number of nitrogens with zero attached hydrogens (tertiary/aromatic N) is 1. The summed E-state index contributed by atoms with van der Waals surface area (Å²) in [5.41, 5.74) is 6.95. The van der Waals surface area contributed by atoms with Gasteiger partial charge in [0.2, 0.25) is 10.0 Å². The minimum atomic E-state index is -3.55. The van der Waals surface area contributed by atoms with Crippen LogP contribution in [-0.4, -0.2) is 43.7 Å². The largest absolute Gasteiger partial charge is 0.481 e. The van der Waals surface area contributed by atoms with E-state index >= 15 is 0 Å². The van der Waals surface area contributed by atoms with E-state index in [-0.39, 0.29) is 16.4 Å². The van der Waals surface area contributed by atoms with E-state index in [9.17, 15) is 18.0 Å². The number of hydrogen-bond donors (Lipinski definition) is 2. The van der Waals surface area contributed by atoms with Crippen molar-refractivity contribution >= 4 is 21.8 Å². The van der Waals surface area contributed by atoms with Gasteiger partial charge in [0.15, 0.2) is 6.10 Å². The molecule has 1 fully saturated rings. The first-order chi connectivity index (χ1) is 15.6. The van der Waals surface area contributed by atoms with Gasteiger partial charge in [0.25, 0.3) is 11.8 Å². The number of hydrazine groups is 1. The molecule has 0 spiro atoms. The van der Waals surface area contributed by atoms with Crippen molar-refractivity contribution in [2.75, 3.05) is 13.1 Å². The van der Waals surface area contributed by atoms with E-state index in [2.05, 4.69) is 10.9 Å². The summed E-state index contributed by atoms with van der Waals surface area (Å²) >= 11 is 0. The Hall–Kier alpha value is -2.91. The first kappa shape index (κ1) is 24.7. The lowest BCUT2D eigenvalue weighted by atomic mass is 10.0. The van der Waals surface area contributed by atoms with Gasteiger partial charge >= 0.3 is 0 Å². The van der Waals surface area contributed by atoms with Gasteiger partial charge in [-0.3, -0.25) is 20.4 Å². The number of ether oxygens (including phenoxy) is 1. The van der Waals surface area contributed by atoms with Crippen LogP contribution in [-0.2, 0) is 14.8 Å². The van der Waals surface area contributed by atoms with Crippen LogP contribution in [0.15, 0.2) is 47.4 Å². The zero-order valence-corrected chi connectivity index (χ0v) is 20.2. The molecule has 33 heavy (non-hydrogen) atoms. The Labute approximate surface area is 195 Å². The van der Waals surface area contributed by atoms with E-state index in [4.69, 9.17) is 4.74 Å². The Morgan fingerprint density at radius 1 is 0.970 bits per heavy atom. The van der Waals surface area contributed by atoms with Crippen LogP contribution in [0, 0.1) is 6.92 Å². The number of rotatable bonds is 7. The number of benzene rings is 2. The van der Waals surface area contributed by atoms with Crippen LogP contribution in [0.25, 0.3) is 0 Å². The van der Waals surface area contributed by atoms with Crippen LogP contribution in [0.3, 0.4) is 0 Å². The van der Waals surface area contributed by atoms with Crippen molar-refractivity contribution < 1.29 is 22.7 Å². The molecule has 3 rings (SSSR count). The van der Waals surface area contributed by atoms with Crippen LogP contribution >= 0.6 is 0 Å². The third kappa shape index (κ3) is 5.91. The molecule has 1 aliphatic rings. The van der Waals surface area contributed by atoms with Crippen LogP contribution in [0.5, 0.6) is 5.75 Å². The van der Waals surface area contributed by atoms with Crippen molar-refractivity contribution in [3.8, 4) is 5.75 Å². The normalized spacial score (nSPS) is 15.3. The van der Waals surface area contributed by atoms with Gasteiger partial charge in [0.05, 0.1) is 4.90 Å². The molecule has 0 aliphatic carbocycles. The van der Waals surface area contributed by atoms with Crippen LogP contribution in [0.2, 0.25) is 0 Å². The number of carbonyl (C=O) groups is 2. The quantitative estimate of drug-likeness (QED) is 0.601. The molecule has 1 heterocycles. The SMILES string of the molecule is Cc1ccc(C(C)C)c(OC(C)C(=O)NNC(=O)c2ccc(S(=O)(=O)N3CCCC3)cc2)c1. The molecule has 1 atom stereocenters. The Bertz CT molecular complexity index is 1110.